The van der Waals surface area contributed by atoms with Gasteiger partial charge in [-0.05, 0) is 55.5 Å². The Morgan fingerprint density at radius 1 is 1.14 bits per heavy atom. The van der Waals surface area contributed by atoms with Gasteiger partial charge in [-0.15, -0.1) is 0 Å². The Balaban J connectivity index is 1.77. The number of para-hydroxylation sites is 2. The van der Waals surface area contributed by atoms with Crippen molar-refractivity contribution in [1.29, 1.82) is 0 Å². The van der Waals surface area contributed by atoms with E-state index in [-0.39, 0.29) is 10.5 Å². The van der Waals surface area contributed by atoms with Crippen LogP contribution in [0.15, 0.2) is 58.5 Å². The minimum Gasteiger partial charge on any atom is -0.495 e. The number of benzene rings is 2. The first kappa shape index (κ1) is 20.9. The molecular formula is C21H25N3O4S. The molecule has 8 heteroatoms. The van der Waals surface area contributed by atoms with Crippen LogP contribution in [0, 0.1) is 5.92 Å². The second kappa shape index (κ2) is 9.09. The Hall–Kier alpha value is -2.87. The predicted octanol–water partition coefficient (Wildman–Crippen LogP) is 3.79. The SMILES string of the molecule is COc1ccccc1NS(=O)(=O)c1cccc(C(=O)N/N=C2/CCCCC2C)c1. The highest BCUT2D eigenvalue weighted by molar-refractivity contribution is 7.92. The van der Waals surface area contributed by atoms with Gasteiger partial charge in [0.25, 0.3) is 15.9 Å². The van der Waals surface area contributed by atoms with Crippen LogP contribution in [0.25, 0.3) is 0 Å². The number of amides is 1. The van der Waals surface area contributed by atoms with Crippen molar-refractivity contribution in [1.82, 2.24) is 5.43 Å². The lowest BCUT2D eigenvalue weighted by Crippen LogP contribution is -2.24. The quantitative estimate of drug-likeness (QED) is 0.702. The molecule has 2 aromatic rings. The topological polar surface area (TPSA) is 96.9 Å². The molecule has 1 fully saturated rings. The first-order valence-electron chi connectivity index (χ1n) is 9.53. The molecule has 0 saturated heterocycles. The van der Waals surface area contributed by atoms with Crippen molar-refractivity contribution in [2.45, 2.75) is 37.5 Å². The number of methoxy groups -OCH3 is 1. The maximum absolute atomic E-state index is 12.8. The molecule has 1 aliphatic rings. The number of ether oxygens (including phenoxy) is 1. The van der Waals surface area contributed by atoms with Crippen molar-refractivity contribution in [3.63, 3.8) is 0 Å². The fraction of sp³-hybridized carbons (Fsp3) is 0.333. The number of nitrogens with one attached hydrogen (secondary N) is 2. The highest BCUT2D eigenvalue weighted by atomic mass is 32.2. The van der Waals surface area contributed by atoms with E-state index in [1.807, 2.05) is 0 Å². The van der Waals surface area contributed by atoms with Crippen molar-refractivity contribution in [3.8, 4) is 5.75 Å². The number of sulfonamides is 1. The molecule has 0 spiro atoms. The van der Waals surface area contributed by atoms with Crippen LogP contribution in [-0.4, -0.2) is 27.1 Å². The largest absolute Gasteiger partial charge is 0.495 e. The molecule has 1 amide bonds. The Labute approximate surface area is 171 Å². The first-order valence-corrected chi connectivity index (χ1v) is 11.0. The summed E-state index contributed by atoms with van der Waals surface area (Å²) in [6.07, 6.45) is 4.18. The maximum atomic E-state index is 12.8. The van der Waals surface area contributed by atoms with Gasteiger partial charge in [0.15, 0.2) is 0 Å². The van der Waals surface area contributed by atoms with Crippen molar-refractivity contribution < 1.29 is 17.9 Å². The number of carbonyl (C=O) groups is 1. The fourth-order valence-electron chi connectivity index (χ4n) is 3.26. The van der Waals surface area contributed by atoms with Crippen LogP contribution >= 0.6 is 0 Å². The average molecular weight is 416 g/mol. The smallest absolute Gasteiger partial charge is 0.271 e. The van der Waals surface area contributed by atoms with E-state index in [9.17, 15) is 13.2 Å². The van der Waals surface area contributed by atoms with Gasteiger partial charge in [-0.25, -0.2) is 13.8 Å². The minimum atomic E-state index is -3.89. The third-order valence-corrected chi connectivity index (χ3v) is 6.31. The molecule has 0 radical (unpaired) electrons. The normalized spacial score (nSPS) is 18.3. The molecule has 1 saturated carbocycles. The molecule has 7 nitrogen and oxygen atoms in total. The van der Waals surface area contributed by atoms with Gasteiger partial charge in [-0.2, -0.15) is 5.10 Å². The van der Waals surface area contributed by atoms with Gasteiger partial charge >= 0.3 is 0 Å². The Morgan fingerprint density at radius 2 is 1.93 bits per heavy atom. The van der Waals surface area contributed by atoms with Crippen LogP contribution in [0.1, 0.15) is 43.0 Å². The fourth-order valence-corrected chi connectivity index (χ4v) is 4.38. The van der Waals surface area contributed by atoms with Crippen LogP contribution in [0.2, 0.25) is 0 Å². The third kappa shape index (κ3) is 5.14. The summed E-state index contributed by atoms with van der Waals surface area (Å²) in [7, 11) is -2.43. The number of hydrazone groups is 1. The van der Waals surface area contributed by atoms with Crippen LogP contribution in [0.3, 0.4) is 0 Å². The summed E-state index contributed by atoms with van der Waals surface area (Å²) < 4.78 is 33.2. The second-order valence-corrected chi connectivity index (χ2v) is 8.71. The molecule has 0 aromatic heterocycles. The first-order chi connectivity index (χ1) is 13.9. The Kier molecular flexibility index (Phi) is 6.53. The van der Waals surface area contributed by atoms with Crippen LogP contribution in [0.5, 0.6) is 5.75 Å². The van der Waals surface area contributed by atoms with Crippen molar-refractivity contribution >= 4 is 27.3 Å². The van der Waals surface area contributed by atoms with Gasteiger partial charge in [-0.3, -0.25) is 9.52 Å². The maximum Gasteiger partial charge on any atom is 0.271 e. The zero-order chi connectivity index (χ0) is 20.9. The molecular weight excluding hydrogens is 390 g/mol. The summed E-state index contributed by atoms with van der Waals surface area (Å²) in [6.45, 7) is 2.10. The molecule has 0 heterocycles. The van der Waals surface area contributed by atoms with E-state index in [1.54, 1.807) is 30.3 Å². The predicted molar refractivity (Wildman–Crippen MR) is 113 cm³/mol. The molecule has 0 aliphatic heterocycles. The summed E-state index contributed by atoms with van der Waals surface area (Å²) in [5.74, 6) is 0.313. The zero-order valence-electron chi connectivity index (χ0n) is 16.5. The van der Waals surface area contributed by atoms with E-state index in [0.717, 1.165) is 25.0 Å². The minimum absolute atomic E-state index is 0.0188. The summed E-state index contributed by atoms with van der Waals surface area (Å²) in [5.41, 5.74) is 4.08. The van der Waals surface area contributed by atoms with E-state index in [1.165, 1.54) is 31.7 Å². The standard InChI is InChI=1S/C21H25N3O4S/c1-15-8-3-4-11-18(15)22-23-21(25)16-9-7-10-17(14-16)29(26,27)24-19-12-5-6-13-20(19)28-2/h5-7,9-10,12-15,24H,3-4,8,11H2,1-2H3,(H,23,25)/b22-18-. The monoisotopic (exact) mass is 415 g/mol. The third-order valence-electron chi connectivity index (χ3n) is 4.95. The molecule has 2 aromatic carbocycles. The summed E-state index contributed by atoms with van der Waals surface area (Å²) in [5, 5.41) is 4.26. The molecule has 154 valence electrons. The molecule has 2 N–H and O–H groups in total. The lowest BCUT2D eigenvalue weighted by Gasteiger charge is -2.19. The molecule has 3 rings (SSSR count). The second-order valence-electron chi connectivity index (χ2n) is 7.02. The zero-order valence-corrected chi connectivity index (χ0v) is 17.3. The van der Waals surface area contributed by atoms with Gasteiger partial charge in [0.05, 0.1) is 17.7 Å². The van der Waals surface area contributed by atoms with E-state index >= 15 is 0 Å². The highest BCUT2D eigenvalue weighted by Crippen LogP contribution is 2.26. The number of nitrogens with zero attached hydrogens (tertiary/aromatic N) is 1. The van der Waals surface area contributed by atoms with Gasteiger partial charge in [0.2, 0.25) is 0 Å². The summed E-state index contributed by atoms with van der Waals surface area (Å²) >= 11 is 0. The van der Waals surface area contributed by atoms with Crippen LogP contribution in [0.4, 0.5) is 5.69 Å². The number of hydrogen-bond donors (Lipinski definition) is 2. The lowest BCUT2D eigenvalue weighted by atomic mass is 9.89. The van der Waals surface area contributed by atoms with Crippen molar-refractivity contribution in [2.75, 3.05) is 11.8 Å². The van der Waals surface area contributed by atoms with Crippen molar-refractivity contribution in [3.05, 3.63) is 54.1 Å². The van der Waals surface area contributed by atoms with E-state index < -0.39 is 15.9 Å². The number of rotatable bonds is 6. The molecule has 0 bridgehead atoms. The molecule has 1 atom stereocenters. The van der Waals surface area contributed by atoms with Crippen LogP contribution in [-0.2, 0) is 10.0 Å². The van der Waals surface area contributed by atoms with Gasteiger partial charge in [0, 0.05) is 11.3 Å². The average Bonchev–Trinajstić information content (AvgIpc) is 2.73. The summed E-state index contributed by atoms with van der Waals surface area (Å²) in [4.78, 5) is 12.5. The van der Waals surface area contributed by atoms with E-state index in [0.29, 0.717) is 17.4 Å². The van der Waals surface area contributed by atoms with E-state index in [2.05, 4.69) is 22.2 Å². The van der Waals surface area contributed by atoms with E-state index in [4.69, 9.17) is 4.74 Å². The molecule has 29 heavy (non-hydrogen) atoms. The van der Waals surface area contributed by atoms with Gasteiger partial charge < -0.3 is 4.74 Å². The lowest BCUT2D eigenvalue weighted by molar-refractivity contribution is 0.0954. The number of carbonyl (C=O) groups excluding carboxylic acids is 1. The Morgan fingerprint density at radius 3 is 2.69 bits per heavy atom. The van der Waals surface area contributed by atoms with Crippen LogP contribution < -0.4 is 14.9 Å². The molecule has 1 unspecified atom stereocenters. The van der Waals surface area contributed by atoms with Crippen molar-refractivity contribution in [2.24, 2.45) is 11.0 Å². The van der Waals surface area contributed by atoms with Gasteiger partial charge in [0.1, 0.15) is 5.75 Å². The number of hydrogen-bond acceptors (Lipinski definition) is 5. The summed E-state index contributed by atoms with van der Waals surface area (Å²) in [6, 6.07) is 12.6. The number of anilines is 1. The van der Waals surface area contributed by atoms with Gasteiger partial charge in [-0.1, -0.05) is 31.5 Å². The Bertz CT molecular complexity index is 1020. The molecule has 1 aliphatic carbocycles. The highest BCUT2D eigenvalue weighted by Gasteiger charge is 2.19.